The van der Waals surface area contributed by atoms with Crippen LogP contribution in [0.2, 0.25) is 0 Å². The molecule has 5 nitrogen and oxygen atoms in total. The molecule has 1 aromatic heterocycles. The predicted molar refractivity (Wildman–Crippen MR) is 69.9 cm³/mol. The molecule has 0 aromatic carbocycles. The lowest BCUT2D eigenvalue weighted by Crippen LogP contribution is -2.34. The van der Waals surface area contributed by atoms with Crippen LogP contribution in [-0.4, -0.2) is 41.9 Å². The Morgan fingerprint density at radius 1 is 0.889 bits per heavy atom. The Balaban J connectivity index is 1.75. The minimum Gasteiger partial charge on any atom is -0.356 e. The van der Waals surface area contributed by atoms with Crippen molar-refractivity contribution in [2.45, 2.75) is 25.7 Å². The third kappa shape index (κ3) is 2.30. The average molecular weight is 246 g/mol. The lowest BCUT2D eigenvalue weighted by atomic mass is 10.1. The van der Waals surface area contributed by atoms with Crippen molar-refractivity contribution in [3.05, 3.63) is 12.4 Å². The van der Waals surface area contributed by atoms with E-state index in [-0.39, 0.29) is 0 Å². The first-order chi connectivity index (χ1) is 8.83. The lowest BCUT2D eigenvalue weighted by Gasteiger charge is -2.27. The first-order valence-corrected chi connectivity index (χ1v) is 6.66. The molecule has 2 fully saturated rings. The van der Waals surface area contributed by atoms with Crippen LogP contribution in [-0.2, 0) is 4.79 Å². The number of carbonyl (C=O) groups excluding carboxylic acids is 1. The van der Waals surface area contributed by atoms with E-state index >= 15 is 0 Å². The van der Waals surface area contributed by atoms with Crippen LogP contribution in [0.15, 0.2) is 12.4 Å². The van der Waals surface area contributed by atoms with Crippen LogP contribution in [0.3, 0.4) is 0 Å². The quantitative estimate of drug-likeness (QED) is 0.786. The van der Waals surface area contributed by atoms with Crippen molar-refractivity contribution in [2.24, 2.45) is 0 Å². The summed E-state index contributed by atoms with van der Waals surface area (Å²) in [7, 11) is 0. The van der Waals surface area contributed by atoms with E-state index in [1.165, 1.54) is 12.8 Å². The van der Waals surface area contributed by atoms with E-state index in [2.05, 4.69) is 25.8 Å². The highest BCUT2D eigenvalue weighted by Crippen LogP contribution is 2.22. The molecule has 5 heteroatoms. The zero-order valence-corrected chi connectivity index (χ0v) is 10.5. The summed E-state index contributed by atoms with van der Waals surface area (Å²) in [6.07, 6.45) is 5.42. The fourth-order valence-electron chi connectivity index (χ4n) is 2.61. The SMILES string of the molecule is O=C1CCN(c2cc(N3CCCC3)ncn2)CC1. The van der Waals surface area contributed by atoms with Gasteiger partial charge in [-0.25, -0.2) is 9.97 Å². The van der Waals surface area contributed by atoms with Crippen LogP contribution >= 0.6 is 0 Å². The molecule has 2 saturated heterocycles. The van der Waals surface area contributed by atoms with Gasteiger partial charge in [-0.15, -0.1) is 0 Å². The predicted octanol–water partition coefficient (Wildman–Crippen LogP) is 1.25. The molecule has 2 aliphatic heterocycles. The van der Waals surface area contributed by atoms with Gasteiger partial charge in [0.25, 0.3) is 0 Å². The summed E-state index contributed by atoms with van der Waals surface area (Å²) < 4.78 is 0. The summed E-state index contributed by atoms with van der Waals surface area (Å²) >= 11 is 0. The maximum atomic E-state index is 11.2. The zero-order chi connectivity index (χ0) is 12.4. The summed E-state index contributed by atoms with van der Waals surface area (Å²) in [4.78, 5) is 24.4. The fourth-order valence-corrected chi connectivity index (χ4v) is 2.61. The van der Waals surface area contributed by atoms with E-state index in [1.807, 2.05) is 0 Å². The summed E-state index contributed by atoms with van der Waals surface area (Å²) in [5.41, 5.74) is 0. The molecule has 0 spiro atoms. The summed E-state index contributed by atoms with van der Waals surface area (Å²) in [6, 6.07) is 2.06. The maximum Gasteiger partial charge on any atom is 0.136 e. The van der Waals surface area contributed by atoms with E-state index in [0.29, 0.717) is 18.6 Å². The molecule has 0 radical (unpaired) electrons. The Morgan fingerprint density at radius 3 is 2.06 bits per heavy atom. The van der Waals surface area contributed by atoms with Crippen molar-refractivity contribution >= 4 is 17.4 Å². The number of ketones is 1. The zero-order valence-electron chi connectivity index (χ0n) is 10.5. The smallest absolute Gasteiger partial charge is 0.136 e. The van der Waals surface area contributed by atoms with Gasteiger partial charge in [0.05, 0.1) is 0 Å². The average Bonchev–Trinajstić information content (AvgIpc) is 2.94. The molecule has 0 aliphatic carbocycles. The van der Waals surface area contributed by atoms with Crippen molar-refractivity contribution < 1.29 is 4.79 Å². The third-order valence-electron chi connectivity index (χ3n) is 3.71. The second kappa shape index (κ2) is 4.92. The summed E-state index contributed by atoms with van der Waals surface area (Å²) in [6.45, 7) is 3.76. The van der Waals surface area contributed by atoms with Gasteiger partial charge in [-0.3, -0.25) is 4.79 Å². The second-order valence-electron chi connectivity index (χ2n) is 4.95. The van der Waals surface area contributed by atoms with Crippen LogP contribution in [0.25, 0.3) is 0 Å². The van der Waals surface area contributed by atoms with Gasteiger partial charge in [-0.2, -0.15) is 0 Å². The van der Waals surface area contributed by atoms with Crippen molar-refractivity contribution in [1.29, 1.82) is 0 Å². The highest BCUT2D eigenvalue weighted by atomic mass is 16.1. The lowest BCUT2D eigenvalue weighted by molar-refractivity contribution is -0.119. The van der Waals surface area contributed by atoms with Crippen molar-refractivity contribution in [1.82, 2.24) is 9.97 Å². The molecular formula is C13H18N4O. The standard InChI is InChI=1S/C13H18N4O/c18-11-3-7-17(8-4-11)13-9-12(14-10-15-13)16-5-1-2-6-16/h9-10H,1-8H2. The van der Waals surface area contributed by atoms with Crippen molar-refractivity contribution in [2.75, 3.05) is 36.0 Å². The Morgan fingerprint density at radius 2 is 1.44 bits per heavy atom. The first kappa shape index (κ1) is 11.4. The number of aromatic nitrogens is 2. The number of piperidine rings is 1. The highest BCUT2D eigenvalue weighted by molar-refractivity contribution is 5.80. The number of carbonyl (C=O) groups is 1. The van der Waals surface area contributed by atoms with Crippen LogP contribution in [0, 0.1) is 0 Å². The molecule has 0 amide bonds. The van der Waals surface area contributed by atoms with Gasteiger partial charge in [0.2, 0.25) is 0 Å². The Bertz CT molecular complexity index is 432. The first-order valence-electron chi connectivity index (χ1n) is 6.66. The summed E-state index contributed by atoms with van der Waals surface area (Å²) in [5.74, 6) is 2.34. The van der Waals surface area contributed by atoms with E-state index in [4.69, 9.17) is 0 Å². The molecular weight excluding hydrogens is 228 g/mol. The number of Topliss-reactive ketones (excluding diaryl/α,β-unsaturated/α-hetero) is 1. The van der Waals surface area contributed by atoms with Crippen LogP contribution in [0.1, 0.15) is 25.7 Å². The van der Waals surface area contributed by atoms with E-state index < -0.39 is 0 Å². The minimum absolute atomic E-state index is 0.361. The number of hydrogen-bond acceptors (Lipinski definition) is 5. The van der Waals surface area contributed by atoms with E-state index in [0.717, 1.165) is 37.8 Å². The molecule has 0 saturated carbocycles. The molecule has 3 heterocycles. The van der Waals surface area contributed by atoms with E-state index in [1.54, 1.807) is 6.33 Å². The Kier molecular flexibility index (Phi) is 3.13. The Labute approximate surface area is 107 Å². The second-order valence-corrected chi connectivity index (χ2v) is 4.95. The molecule has 18 heavy (non-hydrogen) atoms. The highest BCUT2D eigenvalue weighted by Gasteiger charge is 2.19. The molecule has 0 N–H and O–H groups in total. The number of rotatable bonds is 2. The molecule has 0 bridgehead atoms. The molecule has 96 valence electrons. The third-order valence-corrected chi connectivity index (χ3v) is 3.71. The monoisotopic (exact) mass is 246 g/mol. The molecule has 0 atom stereocenters. The summed E-state index contributed by atoms with van der Waals surface area (Å²) in [5, 5.41) is 0. The van der Waals surface area contributed by atoms with Crippen LogP contribution in [0.4, 0.5) is 11.6 Å². The van der Waals surface area contributed by atoms with Gasteiger partial charge in [0, 0.05) is 45.1 Å². The van der Waals surface area contributed by atoms with Gasteiger partial charge in [-0.05, 0) is 12.8 Å². The largest absolute Gasteiger partial charge is 0.356 e. The minimum atomic E-state index is 0.361. The van der Waals surface area contributed by atoms with Crippen molar-refractivity contribution in [3.63, 3.8) is 0 Å². The van der Waals surface area contributed by atoms with Crippen molar-refractivity contribution in [3.8, 4) is 0 Å². The molecule has 3 rings (SSSR count). The fraction of sp³-hybridized carbons (Fsp3) is 0.615. The maximum absolute atomic E-state index is 11.2. The number of hydrogen-bond donors (Lipinski definition) is 0. The van der Waals surface area contributed by atoms with Gasteiger partial charge in [0.15, 0.2) is 0 Å². The van der Waals surface area contributed by atoms with Gasteiger partial charge in [0.1, 0.15) is 23.7 Å². The molecule has 0 unspecified atom stereocenters. The Hall–Kier alpha value is -1.65. The van der Waals surface area contributed by atoms with E-state index in [9.17, 15) is 4.79 Å². The number of nitrogens with zero attached hydrogens (tertiary/aromatic N) is 4. The normalized spacial score (nSPS) is 20.6. The van der Waals surface area contributed by atoms with Gasteiger partial charge in [-0.1, -0.05) is 0 Å². The van der Waals surface area contributed by atoms with Gasteiger partial charge < -0.3 is 9.80 Å². The van der Waals surface area contributed by atoms with Crippen LogP contribution in [0.5, 0.6) is 0 Å². The molecule has 2 aliphatic rings. The van der Waals surface area contributed by atoms with Crippen LogP contribution < -0.4 is 9.80 Å². The topological polar surface area (TPSA) is 49.3 Å². The number of anilines is 2. The molecule has 1 aromatic rings. The van der Waals surface area contributed by atoms with Gasteiger partial charge >= 0.3 is 0 Å².